The van der Waals surface area contributed by atoms with E-state index in [0.29, 0.717) is 12.3 Å². The minimum absolute atomic E-state index is 0.00773. The maximum atomic E-state index is 11.7. The van der Waals surface area contributed by atoms with E-state index in [-0.39, 0.29) is 18.6 Å². The number of nitrogens with one attached hydrogen (secondary N) is 1. The summed E-state index contributed by atoms with van der Waals surface area (Å²) in [6, 6.07) is 3.84. The first-order valence-electron chi connectivity index (χ1n) is 6.53. The summed E-state index contributed by atoms with van der Waals surface area (Å²) in [6.45, 7) is 3.30. The number of carbonyl (C=O) groups is 1. The topological polar surface area (TPSA) is 47.6 Å². The average Bonchev–Trinajstić information content (AvgIpc) is 2.88. The lowest BCUT2D eigenvalue weighted by atomic mass is 10.2. The number of ether oxygens (including phenoxy) is 2. The van der Waals surface area contributed by atoms with Gasteiger partial charge >= 0.3 is 0 Å². The van der Waals surface area contributed by atoms with Crippen molar-refractivity contribution in [2.24, 2.45) is 0 Å². The summed E-state index contributed by atoms with van der Waals surface area (Å²) in [7, 11) is 0. The molecule has 1 aromatic rings. The van der Waals surface area contributed by atoms with Gasteiger partial charge in [0.15, 0.2) is 6.61 Å². The summed E-state index contributed by atoms with van der Waals surface area (Å²) in [5, 5.41) is 2.83. The van der Waals surface area contributed by atoms with Gasteiger partial charge in [-0.1, -0.05) is 15.9 Å². The number of rotatable bonds is 5. The van der Waals surface area contributed by atoms with Gasteiger partial charge in [-0.05, 0) is 53.4 Å². The SMILES string of the molecule is Cc1cc(Br)cc(Br)c1OCC(=O)NC[C@@H]1CCCO1. The molecule has 0 aromatic heterocycles. The Morgan fingerprint density at radius 2 is 2.30 bits per heavy atom. The van der Waals surface area contributed by atoms with Gasteiger partial charge in [-0.25, -0.2) is 0 Å². The van der Waals surface area contributed by atoms with Gasteiger partial charge in [0.2, 0.25) is 0 Å². The van der Waals surface area contributed by atoms with Crippen LogP contribution in [0, 0.1) is 6.92 Å². The van der Waals surface area contributed by atoms with Gasteiger partial charge in [-0.15, -0.1) is 0 Å². The van der Waals surface area contributed by atoms with Crippen molar-refractivity contribution in [2.45, 2.75) is 25.9 Å². The van der Waals surface area contributed by atoms with Crippen molar-refractivity contribution in [3.63, 3.8) is 0 Å². The molecule has 1 aromatic carbocycles. The van der Waals surface area contributed by atoms with Gasteiger partial charge < -0.3 is 14.8 Å². The number of amides is 1. The zero-order valence-corrected chi connectivity index (χ0v) is 14.4. The van der Waals surface area contributed by atoms with Gasteiger partial charge in [0.05, 0.1) is 10.6 Å². The Kier molecular flexibility index (Phi) is 5.86. The number of carbonyl (C=O) groups excluding carboxylic acids is 1. The van der Waals surface area contributed by atoms with Crippen LogP contribution in [0.15, 0.2) is 21.1 Å². The third kappa shape index (κ3) is 4.46. The fraction of sp³-hybridized carbons (Fsp3) is 0.500. The van der Waals surface area contributed by atoms with Gasteiger partial charge in [0, 0.05) is 17.6 Å². The molecular weight excluding hydrogens is 390 g/mol. The third-order valence-corrected chi connectivity index (χ3v) is 4.14. The van der Waals surface area contributed by atoms with Crippen LogP contribution in [-0.2, 0) is 9.53 Å². The van der Waals surface area contributed by atoms with Gasteiger partial charge in [-0.3, -0.25) is 4.79 Å². The van der Waals surface area contributed by atoms with E-state index in [4.69, 9.17) is 9.47 Å². The third-order valence-electron chi connectivity index (χ3n) is 3.09. The van der Waals surface area contributed by atoms with Crippen LogP contribution in [0.4, 0.5) is 0 Å². The first-order chi connectivity index (χ1) is 9.56. The molecule has 0 saturated carbocycles. The number of halogens is 2. The Morgan fingerprint density at radius 1 is 1.50 bits per heavy atom. The number of hydrogen-bond donors (Lipinski definition) is 1. The second-order valence-corrected chi connectivity index (χ2v) is 6.53. The van der Waals surface area contributed by atoms with E-state index in [9.17, 15) is 4.79 Å². The summed E-state index contributed by atoms with van der Waals surface area (Å²) in [5.41, 5.74) is 0.971. The first kappa shape index (κ1) is 15.8. The summed E-state index contributed by atoms with van der Waals surface area (Å²) in [6.07, 6.45) is 2.24. The molecule has 1 amide bonds. The lowest BCUT2D eigenvalue weighted by Crippen LogP contribution is -2.35. The highest BCUT2D eigenvalue weighted by atomic mass is 79.9. The van der Waals surface area contributed by atoms with E-state index in [1.807, 2.05) is 19.1 Å². The highest BCUT2D eigenvalue weighted by Gasteiger charge is 2.16. The zero-order valence-electron chi connectivity index (χ0n) is 11.2. The van der Waals surface area contributed by atoms with E-state index >= 15 is 0 Å². The Hall–Kier alpha value is -0.590. The lowest BCUT2D eigenvalue weighted by Gasteiger charge is -2.13. The van der Waals surface area contributed by atoms with Crippen molar-refractivity contribution in [2.75, 3.05) is 19.8 Å². The number of aryl methyl sites for hydroxylation is 1. The van der Waals surface area contributed by atoms with Crippen LogP contribution in [-0.4, -0.2) is 31.8 Å². The molecule has 1 atom stereocenters. The minimum Gasteiger partial charge on any atom is -0.482 e. The van der Waals surface area contributed by atoms with Crippen LogP contribution >= 0.6 is 31.9 Å². The van der Waals surface area contributed by atoms with Crippen LogP contribution < -0.4 is 10.1 Å². The second kappa shape index (κ2) is 7.43. The maximum absolute atomic E-state index is 11.7. The van der Waals surface area contributed by atoms with Crippen molar-refractivity contribution in [1.29, 1.82) is 0 Å². The normalized spacial score (nSPS) is 18.1. The summed E-state index contributed by atoms with van der Waals surface area (Å²) in [4.78, 5) is 11.7. The monoisotopic (exact) mass is 405 g/mol. The molecule has 1 aliphatic heterocycles. The molecule has 0 aliphatic carbocycles. The van der Waals surface area contributed by atoms with Crippen molar-refractivity contribution in [3.05, 3.63) is 26.6 Å². The fourth-order valence-corrected chi connectivity index (χ4v) is 3.65. The fourth-order valence-electron chi connectivity index (χ4n) is 2.09. The average molecular weight is 407 g/mol. The molecule has 0 radical (unpaired) electrons. The Morgan fingerprint density at radius 3 is 2.95 bits per heavy atom. The molecule has 0 unspecified atom stereocenters. The Labute approximate surface area is 135 Å². The zero-order chi connectivity index (χ0) is 14.5. The molecule has 1 saturated heterocycles. The number of benzene rings is 1. The second-order valence-electron chi connectivity index (χ2n) is 4.76. The predicted molar refractivity (Wildman–Crippen MR) is 84.1 cm³/mol. The number of hydrogen-bond acceptors (Lipinski definition) is 3. The quantitative estimate of drug-likeness (QED) is 0.816. The molecule has 1 aliphatic rings. The summed E-state index contributed by atoms with van der Waals surface area (Å²) in [5.74, 6) is 0.565. The summed E-state index contributed by atoms with van der Waals surface area (Å²) < 4.78 is 12.8. The minimum atomic E-state index is -0.130. The van der Waals surface area contributed by atoms with E-state index in [1.165, 1.54) is 0 Å². The molecule has 110 valence electrons. The molecular formula is C14H17Br2NO3. The molecule has 0 spiro atoms. The van der Waals surface area contributed by atoms with Gasteiger partial charge in [0.25, 0.3) is 5.91 Å². The lowest BCUT2D eigenvalue weighted by molar-refractivity contribution is -0.123. The largest absolute Gasteiger partial charge is 0.482 e. The first-order valence-corrected chi connectivity index (χ1v) is 8.11. The Balaban J connectivity index is 1.81. The van der Waals surface area contributed by atoms with E-state index in [1.54, 1.807) is 0 Å². The van der Waals surface area contributed by atoms with Crippen LogP contribution in [0.1, 0.15) is 18.4 Å². The molecule has 2 rings (SSSR count). The smallest absolute Gasteiger partial charge is 0.258 e. The van der Waals surface area contributed by atoms with Gasteiger partial charge in [0.1, 0.15) is 5.75 Å². The predicted octanol–water partition coefficient (Wildman–Crippen LogP) is 3.19. The van der Waals surface area contributed by atoms with Crippen molar-refractivity contribution >= 4 is 37.8 Å². The molecule has 0 bridgehead atoms. The van der Waals surface area contributed by atoms with Crippen molar-refractivity contribution < 1.29 is 14.3 Å². The highest BCUT2D eigenvalue weighted by Crippen LogP contribution is 2.32. The van der Waals surface area contributed by atoms with Gasteiger partial charge in [-0.2, -0.15) is 0 Å². The maximum Gasteiger partial charge on any atom is 0.258 e. The highest BCUT2D eigenvalue weighted by molar-refractivity contribution is 9.11. The van der Waals surface area contributed by atoms with E-state index in [0.717, 1.165) is 34.0 Å². The molecule has 20 heavy (non-hydrogen) atoms. The molecule has 1 heterocycles. The van der Waals surface area contributed by atoms with E-state index in [2.05, 4.69) is 37.2 Å². The van der Waals surface area contributed by atoms with Crippen LogP contribution in [0.2, 0.25) is 0 Å². The van der Waals surface area contributed by atoms with Crippen molar-refractivity contribution in [3.8, 4) is 5.75 Å². The molecule has 1 fully saturated rings. The standard InChI is InChI=1S/C14H17Br2NO3/c1-9-5-10(15)6-12(16)14(9)20-8-13(18)17-7-11-3-2-4-19-11/h5-6,11H,2-4,7-8H2,1H3,(H,17,18)/t11-/m0/s1. The summed E-state index contributed by atoms with van der Waals surface area (Å²) >= 11 is 6.85. The van der Waals surface area contributed by atoms with Crippen LogP contribution in [0.3, 0.4) is 0 Å². The van der Waals surface area contributed by atoms with Crippen LogP contribution in [0.5, 0.6) is 5.75 Å². The van der Waals surface area contributed by atoms with E-state index < -0.39 is 0 Å². The van der Waals surface area contributed by atoms with Crippen molar-refractivity contribution in [1.82, 2.24) is 5.32 Å². The van der Waals surface area contributed by atoms with Crippen LogP contribution in [0.25, 0.3) is 0 Å². The molecule has 6 heteroatoms. The Bertz CT molecular complexity index is 464. The molecule has 4 nitrogen and oxygen atoms in total. The molecule has 1 N–H and O–H groups in total.